The minimum Gasteiger partial charge on any atom is -0.444 e. The summed E-state index contributed by atoms with van der Waals surface area (Å²) >= 11 is 0. The predicted molar refractivity (Wildman–Crippen MR) is 172 cm³/mol. The number of piperidine rings is 2. The summed E-state index contributed by atoms with van der Waals surface area (Å²) in [6.45, 7) is 13.1. The lowest BCUT2D eigenvalue weighted by Gasteiger charge is -2.64. The number of carbonyl (C=O) groups is 2. The second-order valence-electron chi connectivity index (χ2n) is 14.8. The van der Waals surface area contributed by atoms with Gasteiger partial charge in [0.25, 0.3) is 5.92 Å². The third-order valence-corrected chi connectivity index (χ3v) is 9.49. The Morgan fingerprint density at radius 1 is 1.16 bits per heavy atom. The highest BCUT2D eigenvalue weighted by Gasteiger charge is 2.55. The van der Waals surface area contributed by atoms with Gasteiger partial charge in [-0.1, -0.05) is 44.2 Å². The van der Waals surface area contributed by atoms with Crippen LogP contribution in [0.2, 0.25) is 0 Å². The SMILES string of the molecule is CC(=N)N(C(=N)C(C)C)[C@H]1C[C@@H]2CC(C)(C1)N2CC[C@H](NC(=O)CC1CCC(F)(F)CN1C(=O)OC(C)(C)C)c1ccccc1. The fourth-order valence-electron chi connectivity index (χ4n) is 7.44. The maximum Gasteiger partial charge on any atom is 0.410 e. The number of fused-ring (bicyclic) bond motifs is 2. The zero-order valence-corrected chi connectivity index (χ0v) is 28.0. The molecule has 1 aliphatic carbocycles. The molecule has 4 fully saturated rings. The van der Waals surface area contributed by atoms with Crippen LogP contribution in [0.5, 0.6) is 0 Å². The van der Waals surface area contributed by atoms with Crippen LogP contribution >= 0.6 is 0 Å². The van der Waals surface area contributed by atoms with E-state index in [1.807, 2.05) is 49.1 Å². The number of carbonyl (C=O) groups excluding carboxylic acids is 2. The van der Waals surface area contributed by atoms with Gasteiger partial charge in [-0.05, 0) is 72.3 Å². The quantitative estimate of drug-likeness (QED) is 0.211. The third kappa shape index (κ3) is 8.40. The van der Waals surface area contributed by atoms with Crippen LogP contribution in [0.4, 0.5) is 13.6 Å². The van der Waals surface area contributed by atoms with Crippen LogP contribution in [0, 0.1) is 16.7 Å². The van der Waals surface area contributed by atoms with E-state index in [-0.39, 0.29) is 48.7 Å². The minimum atomic E-state index is -3.02. The second kappa shape index (κ2) is 13.3. The number of amidine groups is 2. The number of nitrogens with one attached hydrogen (secondary N) is 3. The molecule has 11 heteroatoms. The summed E-state index contributed by atoms with van der Waals surface area (Å²) in [5.41, 5.74) is 0.0771. The molecule has 5 atom stereocenters. The van der Waals surface area contributed by atoms with Crippen LogP contribution in [0.25, 0.3) is 0 Å². The molecule has 1 saturated carbocycles. The summed E-state index contributed by atoms with van der Waals surface area (Å²) in [5.74, 6) is -2.36. The molecule has 0 aromatic heterocycles. The molecule has 2 bridgehead atoms. The summed E-state index contributed by atoms with van der Waals surface area (Å²) < 4.78 is 34.1. The van der Waals surface area contributed by atoms with Crippen molar-refractivity contribution < 1.29 is 23.1 Å². The van der Waals surface area contributed by atoms with E-state index in [0.29, 0.717) is 24.1 Å². The molecule has 2 amide bonds. The molecule has 5 rings (SSSR count). The van der Waals surface area contributed by atoms with Gasteiger partial charge >= 0.3 is 6.09 Å². The van der Waals surface area contributed by atoms with Gasteiger partial charge < -0.3 is 15.0 Å². The molecule has 45 heavy (non-hydrogen) atoms. The number of alkyl halides is 2. The van der Waals surface area contributed by atoms with Gasteiger partial charge in [0.1, 0.15) is 11.4 Å². The first-order valence-corrected chi connectivity index (χ1v) is 16.3. The van der Waals surface area contributed by atoms with Gasteiger partial charge in [-0.3, -0.25) is 25.4 Å². The number of likely N-dealkylation sites (tertiary alicyclic amines) is 1. The van der Waals surface area contributed by atoms with Crippen LogP contribution < -0.4 is 5.32 Å². The number of halogens is 2. The molecule has 250 valence electrons. The molecule has 0 spiro atoms. The second-order valence-corrected chi connectivity index (χ2v) is 14.8. The number of rotatable bonds is 9. The number of hydrogen-bond donors (Lipinski definition) is 3. The van der Waals surface area contributed by atoms with Crippen molar-refractivity contribution in [2.45, 2.75) is 135 Å². The zero-order chi connectivity index (χ0) is 33.3. The Kier molecular flexibility index (Phi) is 10.3. The number of amides is 2. The van der Waals surface area contributed by atoms with Gasteiger partial charge in [-0.2, -0.15) is 0 Å². The fourth-order valence-corrected chi connectivity index (χ4v) is 7.44. The molecular weight excluding hydrogens is 578 g/mol. The summed E-state index contributed by atoms with van der Waals surface area (Å²) in [5, 5.41) is 20.1. The number of ether oxygens (including phenoxy) is 1. The first-order chi connectivity index (χ1) is 20.9. The van der Waals surface area contributed by atoms with Crippen molar-refractivity contribution in [1.29, 1.82) is 10.8 Å². The molecular formula is C34H52F2N6O3. The zero-order valence-electron chi connectivity index (χ0n) is 28.0. The first-order valence-electron chi connectivity index (χ1n) is 16.3. The first kappa shape index (κ1) is 34.8. The molecule has 3 saturated heterocycles. The van der Waals surface area contributed by atoms with Crippen molar-refractivity contribution in [1.82, 2.24) is 20.0 Å². The van der Waals surface area contributed by atoms with E-state index in [0.717, 1.165) is 36.3 Å². The highest BCUT2D eigenvalue weighted by Crippen LogP contribution is 2.49. The molecule has 4 aliphatic rings. The largest absolute Gasteiger partial charge is 0.444 e. The van der Waals surface area contributed by atoms with Crippen molar-refractivity contribution in [2.75, 3.05) is 13.1 Å². The van der Waals surface area contributed by atoms with Crippen molar-refractivity contribution >= 4 is 23.7 Å². The fraction of sp³-hybridized carbons (Fsp3) is 0.706. The molecule has 1 aromatic carbocycles. The molecule has 3 N–H and O–H groups in total. The van der Waals surface area contributed by atoms with E-state index in [1.165, 1.54) is 0 Å². The van der Waals surface area contributed by atoms with Crippen LogP contribution in [0.1, 0.15) is 105 Å². The maximum absolute atomic E-state index is 14.3. The van der Waals surface area contributed by atoms with E-state index < -0.39 is 30.2 Å². The minimum absolute atomic E-state index is 0.0190. The van der Waals surface area contributed by atoms with Crippen LogP contribution in [-0.4, -0.2) is 86.6 Å². The van der Waals surface area contributed by atoms with Crippen LogP contribution in [0.3, 0.4) is 0 Å². The highest BCUT2D eigenvalue weighted by atomic mass is 19.3. The van der Waals surface area contributed by atoms with E-state index in [2.05, 4.69) is 17.1 Å². The summed E-state index contributed by atoms with van der Waals surface area (Å²) in [6, 6.07) is 9.27. The standard InChI is InChI=1S/C34H52F2N6O3/c1-22(2)30(38)42(23(3)37)27-17-26-19-33(7,20-27)41(26)16-14-28(24-11-9-8-10-12-24)39-29(43)18-25-13-15-34(35,36)21-40(25)31(44)45-32(4,5)6/h8-12,22,25-28,37-38H,13-21H2,1-7H3,(H,39,43)/t25?,26-,27+,28+,33?/m1/s1. The van der Waals surface area contributed by atoms with Crippen molar-refractivity contribution in [3.63, 3.8) is 0 Å². The van der Waals surface area contributed by atoms with Gasteiger partial charge in [0.15, 0.2) is 0 Å². The Bertz CT molecular complexity index is 1250. The number of nitrogens with zero attached hydrogens (tertiary/aromatic N) is 3. The molecule has 2 unspecified atom stereocenters. The normalized spacial score (nSPS) is 26.9. The summed E-state index contributed by atoms with van der Waals surface area (Å²) in [6.07, 6.45) is 2.22. The van der Waals surface area contributed by atoms with E-state index in [9.17, 15) is 18.4 Å². The predicted octanol–water partition coefficient (Wildman–Crippen LogP) is 6.59. The highest BCUT2D eigenvalue weighted by molar-refractivity contribution is 5.98. The van der Waals surface area contributed by atoms with Gasteiger partial charge in [-0.25, -0.2) is 13.6 Å². The Balaban J connectivity index is 1.42. The van der Waals surface area contributed by atoms with E-state index in [4.69, 9.17) is 15.6 Å². The maximum atomic E-state index is 14.3. The Labute approximate surface area is 267 Å². The monoisotopic (exact) mass is 630 g/mol. The van der Waals surface area contributed by atoms with Gasteiger partial charge in [0.05, 0.1) is 18.4 Å². The lowest BCUT2D eigenvalue weighted by Crippen LogP contribution is -2.72. The lowest BCUT2D eigenvalue weighted by molar-refractivity contribution is -0.127. The average molecular weight is 631 g/mol. The number of benzene rings is 1. The summed E-state index contributed by atoms with van der Waals surface area (Å²) in [4.78, 5) is 31.8. The average Bonchev–Trinajstić information content (AvgIpc) is 2.92. The summed E-state index contributed by atoms with van der Waals surface area (Å²) in [7, 11) is 0. The van der Waals surface area contributed by atoms with Crippen molar-refractivity contribution in [3.8, 4) is 0 Å². The van der Waals surface area contributed by atoms with Gasteiger partial charge in [0, 0.05) is 49.0 Å². The molecule has 1 aromatic rings. The van der Waals surface area contributed by atoms with Crippen molar-refractivity contribution in [2.24, 2.45) is 5.92 Å². The van der Waals surface area contributed by atoms with Gasteiger partial charge in [0.2, 0.25) is 5.91 Å². The third-order valence-electron chi connectivity index (χ3n) is 9.49. The van der Waals surface area contributed by atoms with Crippen LogP contribution in [0.15, 0.2) is 30.3 Å². The van der Waals surface area contributed by atoms with E-state index in [1.54, 1.807) is 27.7 Å². The smallest absolute Gasteiger partial charge is 0.410 e. The molecule has 0 radical (unpaired) electrons. The van der Waals surface area contributed by atoms with Crippen LogP contribution in [-0.2, 0) is 9.53 Å². The topological polar surface area (TPSA) is 113 Å². The lowest BCUT2D eigenvalue weighted by atomic mass is 9.66. The molecule has 3 aliphatic heterocycles. The Hall–Kier alpha value is -3.08. The van der Waals surface area contributed by atoms with E-state index >= 15 is 0 Å². The number of hydrogen-bond acceptors (Lipinski definition) is 6. The molecule has 9 nitrogen and oxygen atoms in total. The van der Waals surface area contributed by atoms with Gasteiger partial charge in [-0.15, -0.1) is 0 Å². The Morgan fingerprint density at radius 3 is 2.40 bits per heavy atom. The Morgan fingerprint density at radius 2 is 1.82 bits per heavy atom. The van der Waals surface area contributed by atoms with Crippen molar-refractivity contribution in [3.05, 3.63) is 35.9 Å². The molecule has 3 heterocycles.